The van der Waals surface area contributed by atoms with Gasteiger partial charge in [0.05, 0.1) is 5.56 Å². The Morgan fingerprint density at radius 1 is 0.947 bits per heavy atom. The number of benzene rings is 1. The van der Waals surface area contributed by atoms with Gasteiger partial charge >= 0.3 is 5.97 Å². The van der Waals surface area contributed by atoms with Crippen LogP contribution in [0.15, 0.2) is 24.3 Å². The van der Waals surface area contributed by atoms with Crippen molar-refractivity contribution in [3.05, 3.63) is 35.4 Å². The fraction of sp³-hybridized carbons (Fsp3) is 0.588. The molecule has 0 aliphatic carbocycles. The largest absolute Gasteiger partial charge is 0.478 e. The highest BCUT2D eigenvalue weighted by molar-refractivity contribution is 5.87. The molecule has 1 aromatic rings. The SMILES string of the molecule is CC.CC.CC.CC(C)(C)c1cccc(C(=O)O)c1. The minimum absolute atomic E-state index is 0.00542. The van der Waals surface area contributed by atoms with E-state index in [9.17, 15) is 4.79 Å². The summed E-state index contributed by atoms with van der Waals surface area (Å²) in [6.45, 7) is 18.2. The van der Waals surface area contributed by atoms with Gasteiger partial charge in [0.1, 0.15) is 0 Å². The maximum atomic E-state index is 10.7. The molecular weight excluding hydrogens is 236 g/mol. The van der Waals surface area contributed by atoms with Gasteiger partial charge in [0.2, 0.25) is 0 Å². The Kier molecular flexibility index (Phi) is 15.8. The number of aromatic carboxylic acids is 1. The molecule has 0 atom stereocenters. The summed E-state index contributed by atoms with van der Waals surface area (Å²) < 4.78 is 0. The number of carboxylic acids is 1. The van der Waals surface area contributed by atoms with Gasteiger partial charge < -0.3 is 5.11 Å². The molecule has 0 amide bonds. The summed E-state index contributed by atoms with van der Waals surface area (Å²) >= 11 is 0. The lowest BCUT2D eigenvalue weighted by atomic mass is 9.86. The summed E-state index contributed by atoms with van der Waals surface area (Å²) in [5, 5.41) is 8.77. The molecule has 1 rings (SSSR count). The van der Waals surface area contributed by atoms with E-state index in [0.29, 0.717) is 5.56 Å². The van der Waals surface area contributed by atoms with E-state index in [1.807, 2.05) is 47.6 Å². The number of hydrogen-bond acceptors (Lipinski definition) is 1. The second-order valence-corrected chi connectivity index (χ2v) is 4.14. The Balaban J connectivity index is -0.000000375. The first kappa shape index (κ1) is 22.8. The molecule has 2 heteroatoms. The number of carbonyl (C=O) groups is 1. The molecule has 0 fully saturated rings. The van der Waals surface area contributed by atoms with Gasteiger partial charge in [0, 0.05) is 0 Å². The molecule has 2 nitrogen and oxygen atoms in total. The third-order valence-electron chi connectivity index (χ3n) is 1.98. The Morgan fingerprint density at radius 3 is 1.68 bits per heavy atom. The summed E-state index contributed by atoms with van der Waals surface area (Å²) in [5.74, 6) is -0.869. The van der Waals surface area contributed by atoms with E-state index in [2.05, 4.69) is 20.8 Å². The molecule has 19 heavy (non-hydrogen) atoms. The van der Waals surface area contributed by atoms with Crippen LogP contribution in [0.3, 0.4) is 0 Å². The second-order valence-electron chi connectivity index (χ2n) is 4.14. The number of rotatable bonds is 1. The molecule has 0 unspecified atom stereocenters. The van der Waals surface area contributed by atoms with Crippen molar-refractivity contribution in [2.75, 3.05) is 0 Å². The van der Waals surface area contributed by atoms with Crippen LogP contribution in [0.2, 0.25) is 0 Å². The molecule has 0 bridgehead atoms. The van der Waals surface area contributed by atoms with Crippen LogP contribution in [0.25, 0.3) is 0 Å². The zero-order chi connectivity index (χ0) is 16.1. The van der Waals surface area contributed by atoms with Crippen molar-refractivity contribution >= 4 is 5.97 Å². The van der Waals surface area contributed by atoms with Crippen LogP contribution in [-0.4, -0.2) is 11.1 Å². The molecule has 0 heterocycles. The Morgan fingerprint density at radius 2 is 1.37 bits per heavy atom. The Labute approximate surface area is 119 Å². The smallest absolute Gasteiger partial charge is 0.335 e. The van der Waals surface area contributed by atoms with Gasteiger partial charge in [0.25, 0.3) is 0 Å². The molecule has 0 aliphatic rings. The van der Waals surface area contributed by atoms with Crippen LogP contribution in [0.5, 0.6) is 0 Å². The highest BCUT2D eigenvalue weighted by atomic mass is 16.4. The average molecular weight is 268 g/mol. The predicted molar refractivity (Wildman–Crippen MR) is 86.1 cm³/mol. The van der Waals surface area contributed by atoms with Crippen molar-refractivity contribution in [2.45, 2.75) is 67.7 Å². The lowest BCUT2D eigenvalue weighted by Crippen LogP contribution is -2.12. The minimum Gasteiger partial charge on any atom is -0.478 e. The van der Waals surface area contributed by atoms with Gasteiger partial charge in [0.15, 0.2) is 0 Å². The standard InChI is InChI=1S/C11H14O2.3C2H6/c1-11(2,3)9-6-4-5-8(7-9)10(12)13;3*1-2/h4-7H,1-3H3,(H,12,13);3*1-2H3. The lowest BCUT2D eigenvalue weighted by Gasteiger charge is -2.18. The van der Waals surface area contributed by atoms with Crippen LogP contribution in [0.1, 0.15) is 78.2 Å². The van der Waals surface area contributed by atoms with Crippen molar-refractivity contribution in [1.29, 1.82) is 0 Å². The molecule has 0 spiro atoms. The number of hydrogen-bond donors (Lipinski definition) is 1. The predicted octanol–water partition coefficient (Wildman–Crippen LogP) is 5.76. The van der Waals surface area contributed by atoms with Gasteiger partial charge in [-0.1, -0.05) is 74.4 Å². The van der Waals surface area contributed by atoms with Crippen molar-refractivity contribution in [1.82, 2.24) is 0 Å². The first-order valence-electron chi connectivity index (χ1n) is 7.25. The van der Waals surface area contributed by atoms with Crippen LogP contribution < -0.4 is 0 Å². The minimum atomic E-state index is -0.869. The van der Waals surface area contributed by atoms with E-state index in [4.69, 9.17) is 5.11 Å². The monoisotopic (exact) mass is 268 g/mol. The molecule has 0 aromatic heterocycles. The van der Waals surface area contributed by atoms with Gasteiger partial charge in [-0.05, 0) is 23.1 Å². The Hall–Kier alpha value is -1.31. The van der Waals surface area contributed by atoms with Gasteiger partial charge in [-0.2, -0.15) is 0 Å². The lowest BCUT2D eigenvalue weighted by molar-refractivity contribution is 0.0696. The molecule has 1 N–H and O–H groups in total. The second kappa shape index (κ2) is 13.1. The molecule has 0 saturated heterocycles. The van der Waals surface area contributed by atoms with E-state index in [-0.39, 0.29) is 5.41 Å². The molecule has 0 aliphatic heterocycles. The van der Waals surface area contributed by atoms with Crippen LogP contribution in [0.4, 0.5) is 0 Å². The maximum Gasteiger partial charge on any atom is 0.335 e. The van der Waals surface area contributed by atoms with Crippen LogP contribution in [-0.2, 0) is 5.41 Å². The molecule has 0 saturated carbocycles. The van der Waals surface area contributed by atoms with Crippen LogP contribution >= 0.6 is 0 Å². The first-order chi connectivity index (χ1) is 8.91. The third kappa shape index (κ3) is 10.3. The summed E-state index contributed by atoms with van der Waals surface area (Å²) in [6, 6.07) is 7.07. The number of carboxylic acid groups (broad SMARTS) is 1. The van der Waals surface area contributed by atoms with Crippen molar-refractivity contribution in [3.8, 4) is 0 Å². The highest BCUT2D eigenvalue weighted by Gasteiger charge is 2.14. The van der Waals surface area contributed by atoms with E-state index in [1.165, 1.54) is 0 Å². The summed E-state index contributed by atoms with van der Waals surface area (Å²) in [7, 11) is 0. The summed E-state index contributed by atoms with van der Waals surface area (Å²) in [4.78, 5) is 10.7. The van der Waals surface area contributed by atoms with E-state index in [0.717, 1.165) is 5.56 Å². The zero-order valence-electron chi connectivity index (χ0n) is 14.2. The normalized spacial score (nSPS) is 8.68. The van der Waals surface area contributed by atoms with Gasteiger partial charge in [-0.25, -0.2) is 4.79 Å². The van der Waals surface area contributed by atoms with Crippen LogP contribution in [0, 0.1) is 0 Å². The first-order valence-corrected chi connectivity index (χ1v) is 7.25. The quantitative estimate of drug-likeness (QED) is 0.703. The Bertz CT molecular complexity index is 322. The van der Waals surface area contributed by atoms with E-state index >= 15 is 0 Å². The molecule has 112 valence electrons. The maximum absolute atomic E-state index is 10.7. The summed E-state index contributed by atoms with van der Waals surface area (Å²) in [5.41, 5.74) is 1.41. The third-order valence-corrected chi connectivity index (χ3v) is 1.98. The van der Waals surface area contributed by atoms with Crippen molar-refractivity contribution in [2.24, 2.45) is 0 Å². The van der Waals surface area contributed by atoms with Gasteiger partial charge in [-0.15, -0.1) is 0 Å². The fourth-order valence-corrected chi connectivity index (χ4v) is 1.12. The summed E-state index contributed by atoms with van der Waals surface area (Å²) in [6.07, 6.45) is 0. The fourth-order valence-electron chi connectivity index (χ4n) is 1.12. The zero-order valence-corrected chi connectivity index (χ0v) is 14.2. The average Bonchev–Trinajstić information content (AvgIpc) is 2.44. The molecular formula is C17H32O2. The van der Waals surface area contributed by atoms with Crippen molar-refractivity contribution < 1.29 is 9.90 Å². The van der Waals surface area contributed by atoms with E-state index in [1.54, 1.807) is 18.2 Å². The molecule has 0 radical (unpaired) electrons. The molecule has 1 aromatic carbocycles. The highest BCUT2D eigenvalue weighted by Crippen LogP contribution is 2.22. The van der Waals surface area contributed by atoms with E-state index < -0.39 is 5.97 Å². The van der Waals surface area contributed by atoms with Crippen molar-refractivity contribution in [3.63, 3.8) is 0 Å². The topological polar surface area (TPSA) is 37.3 Å². The van der Waals surface area contributed by atoms with Gasteiger partial charge in [-0.3, -0.25) is 0 Å².